The summed E-state index contributed by atoms with van der Waals surface area (Å²) in [7, 11) is -2.33. The number of hydrogen-bond acceptors (Lipinski definition) is 4. The minimum absolute atomic E-state index is 0.0261. The molecule has 0 atom stereocenters. The van der Waals surface area contributed by atoms with Crippen molar-refractivity contribution >= 4 is 16.2 Å². The van der Waals surface area contributed by atoms with Crippen LogP contribution in [0.15, 0.2) is 70.9 Å². The fourth-order valence-electron chi connectivity index (χ4n) is 2.36. The first-order chi connectivity index (χ1) is 11.5. The largest absolute Gasteiger partial charge is 0.296 e. The molecule has 122 valence electrons. The van der Waals surface area contributed by atoms with Crippen LogP contribution in [0.2, 0.25) is 0 Å². The van der Waals surface area contributed by atoms with E-state index in [0.29, 0.717) is 5.56 Å². The van der Waals surface area contributed by atoms with E-state index in [1.807, 2.05) is 0 Å². The van der Waals surface area contributed by atoms with E-state index in [9.17, 15) is 12.8 Å². The quantitative estimate of drug-likeness (QED) is 0.684. The number of pyridine rings is 1. The van der Waals surface area contributed by atoms with Gasteiger partial charge in [-0.25, -0.2) is 16.8 Å². The van der Waals surface area contributed by atoms with Crippen LogP contribution < -0.4 is 0 Å². The van der Waals surface area contributed by atoms with Gasteiger partial charge in [-0.05, 0) is 30.3 Å². The monoisotopic (exact) mass is 343 g/mol. The van der Waals surface area contributed by atoms with Gasteiger partial charge in [0.2, 0.25) is 0 Å². The molecule has 0 spiro atoms. The molecule has 0 unspecified atom stereocenters. The Balaban J connectivity index is 2.27. The van der Waals surface area contributed by atoms with E-state index in [-0.39, 0.29) is 16.2 Å². The lowest BCUT2D eigenvalue weighted by atomic mass is 10.1. The first-order valence-corrected chi connectivity index (χ1v) is 8.53. The summed E-state index contributed by atoms with van der Waals surface area (Å²) in [5.74, 6) is -0.502. The maximum atomic E-state index is 14.2. The Kier molecular flexibility index (Phi) is 4.26. The summed E-state index contributed by atoms with van der Waals surface area (Å²) in [5, 5.41) is 0. The van der Waals surface area contributed by atoms with Crippen LogP contribution in [-0.2, 0) is 10.0 Å². The highest BCUT2D eigenvalue weighted by atomic mass is 32.2. The zero-order valence-electron chi connectivity index (χ0n) is 12.8. The molecule has 24 heavy (non-hydrogen) atoms. The molecule has 0 aliphatic heterocycles. The van der Waals surface area contributed by atoms with Crippen LogP contribution in [0, 0.1) is 5.82 Å². The van der Waals surface area contributed by atoms with Crippen molar-refractivity contribution < 1.29 is 12.8 Å². The van der Waals surface area contributed by atoms with Gasteiger partial charge in [0.25, 0.3) is 10.0 Å². The summed E-state index contributed by atoms with van der Waals surface area (Å²) >= 11 is 0. The van der Waals surface area contributed by atoms with Gasteiger partial charge in [-0.15, -0.1) is 0 Å². The van der Waals surface area contributed by atoms with Crippen LogP contribution in [0.1, 0.15) is 5.56 Å². The number of aliphatic imine (C=N–C) groups is 1. The molecule has 3 rings (SSSR count). The Labute approximate surface area is 139 Å². The molecule has 0 aliphatic carbocycles. The van der Waals surface area contributed by atoms with Crippen molar-refractivity contribution in [3.05, 3.63) is 72.4 Å². The summed E-state index contributed by atoms with van der Waals surface area (Å²) in [6.45, 7) is 0. The number of benzene rings is 1. The normalized spacial score (nSPS) is 11.9. The van der Waals surface area contributed by atoms with E-state index in [0.717, 1.165) is 3.97 Å². The standard InChI is InChI=1S/C17H14FN3O2S/c1-19-10-13-9-17(15-6-2-3-7-16(15)18)21(12-13)24(22,23)14-5-4-8-20-11-14/h2-12H,1H3. The van der Waals surface area contributed by atoms with Gasteiger partial charge in [-0.3, -0.25) is 9.98 Å². The Hall–Kier alpha value is -2.80. The first-order valence-electron chi connectivity index (χ1n) is 7.09. The van der Waals surface area contributed by atoms with E-state index >= 15 is 0 Å². The predicted molar refractivity (Wildman–Crippen MR) is 90.2 cm³/mol. The number of halogens is 1. The number of nitrogens with zero attached hydrogens (tertiary/aromatic N) is 3. The molecular formula is C17H14FN3O2S. The molecule has 7 heteroatoms. The van der Waals surface area contributed by atoms with Crippen LogP contribution >= 0.6 is 0 Å². The van der Waals surface area contributed by atoms with E-state index in [4.69, 9.17) is 0 Å². The van der Waals surface area contributed by atoms with Gasteiger partial charge in [0.05, 0.1) is 5.69 Å². The number of aromatic nitrogens is 2. The molecule has 0 saturated carbocycles. The smallest absolute Gasteiger partial charge is 0.269 e. The fraction of sp³-hybridized carbons (Fsp3) is 0.0588. The van der Waals surface area contributed by atoms with Gasteiger partial charge in [-0.1, -0.05) is 12.1 Å². The second-order valence-electron chi connectivity index (χ2n) is 5.02. The summed E-state index contributed by atoms with van der Waals surface area (Å²) in [5.41, 5.74) is 0.982. The van der Waals surface area contributed by atoms with Gasteiger partial charge in [0.15, 0.2) is 0 Å². The molecule has 0 radical (unpaired) electrons. The van der Waals surface area contributed by atoms with Crippen molar-refractivity contribution in [2.75, 3.05) is 7.05 Å². The third kappa shape index (κ3) is 2.85. The van der Waals surface area contributed by atoms with Gasteiger partial charge >= 0.3 is 0 Å². The van der Waals surface area contributed by atoms with E-state index in [1.165, 1.54) is 49.1 Å². The average Bonchev–Trinajstić information content (AvgIpc) is 3.01. The highest BCUT2D eigenvalue weighted by Gasteiger charge is 2.23. The third-order valence-corrected chi connectivity index (χ3v) is 5.08. The maximum Gasteiger partial charge on any atom is 0.269 e. The second kappa shape index (κ2) is 6.37. The van der Waals surface area contributed by atoms with Crippen LogP contribution in [-0.4, -0.2) is 30.6 Å². The molecule has 3 aromatic rings. The van der Waals surface area contributed by atoms with Gasteiger partial charge in [-0.2, -0.15) is 0 Å². The Morgan fingerprint density at radius 1 is 1.21 bits per heavy atom. The van der Waals surface area contributed by atoms with Gasteiger partial charge in [0.1, 0.15) is 10.7 Å². The van der Waals surface area contributed by atoms with Crippen molar-refractivity contribution in [1.29, 1.82) is 0 Å². The fourth-order valence-corrected chi connectivity index (χ4v) is 3.70. The van der Waals surface area contributed by atoms with E-state index < -0.39 is 15.8 Å². The molecule has 0 aliphatic rings. The number of hydrogen-bond donors (Lipinski definition) is 0. The predicted octanol–water partition coefficient (Wildman–Crippen LogP) is 2.97. The topological polar surface area (TPSA) is 64.3 Å². The lowest BCUT2D eigenvalue weighted by Gasteiger charge is -2.10. The summed E-state index contributed by atoms with van der Waals surface area (Å²) in [6.07, 6.45) is 5.67. The van der Waals surface area contributed by atoms with Crippen molar-refractivity contribution in [1.82, 2.24) is 8.96 Å². The summed E-state index contributed by atoms with van der Waals surface area (Å²) < 4.78 is 41.1. The maximum absolute atomic E-state index is 14.2. The summed E-state index contributed by atoms with van der Waals surface area (Å²) in [4.78, 5) is 7.76. The Morgan fingerprint density at radius 2 is 2.00 bits per heavy atom. The van der Waals surface area contributed by atoms with Crippen LogP contribution in [0.4, 0.5) is 4.39 Å². The van der Waals surface area contributed by atoms with Crippen molar-refractivity contribution in [3.63, 3.8) is 0 Å². The van der Waals surface area contributed by atoms with Crippen LogP contribution in [0.25, 0.3) is 11.3 Å². The lowest BCUT2D eigenvalue weighted by molar-refractivity contribution is 0.587. The molecule has 1 aromatic carbocycles. The Morgan fingerprint density at radius 3 is 2.67 bits per heavy atom. The zero-order valence-corrected chi connectivity index (χ0v) is 13.6. The SMILES string of the molecule is CN=Cc1cc(-c2ccccc2F)n(S(=O)(=O)c2cccnc2)c1. The molecule has 2 heterocycles. The third-order valence-electron chi connectivity index (χ3n) is 3.43. The van der Waals surface area contributed by atoms with E-state index in [1.54, 1.807) is 25.2 Å². The first kappa shape index (κ1) is 16.1. The number of rotatable bonds is 4. The Bertz CT molecular complexity index is 996. The zero-order chi connectivity index (χ0) is 17.2. The highest BCUT2D eigenvalue weighted by molar-refractivity contribution is 7.90. The summed E-state index contributed by atoms with van der Waals surface area (Å²) in [6, 6.07) is 10.6. The van der Waals surface area contributed by atoms with Crippen molar-refractivity contribution in [3.8, 4) is 11.3 Å². The molecular weight excluding hydrogens is 329 g/mol. The minimum atomic E-state index is -3.91. The molecule has 0 bridgehead atoms. The lowest BCUT2D eigenvalue weighted by Crippen LogP contribution is -2.13. The van der Waals surface area contributed by atoms with Gasteiger partial charge in [0, 0.05) is 43.0 Å². The van der Waals surface area contributed by atoms with Gasteiger partial charge < -0.3 is 0 Å². The van der Waals surface area contributed by atoms with Crippen LogP contribution in [0.3, 0.4) is 0 Å². The molecule has 5 nitrogen and oxygen atoms in total. The van der Waals surface area contributed by atoms with E-state index in [2.05, 4.69) is 9.98 Å². The van der Waals surface area contributed by atoms with Crippen molar-refractivity contribution in [2.24, 2.45) is 4.99 Å². The molecule has 0 N–H and O–H groups in total. The second-order valence-corrected chi connectivity index (χ2v) is 6.83. The van der Waals surface area contributed by atoms with Crippen molar-refractivity contribution in [2.45, 2.75) is 4.90 Å². The molecule has 0 fully saturated rings. The minimum Gasteiger partial charge on any atom is -0.296 e. The van der Waals surface area contributed by atoms with Crippen LogP contribution in [0.5, 0.6) is 0 Å². The highest BCUT2D eigenvalue weighted by Crippen LogP contribution is 2.28. The molecule has 0 amide bonds. The molecule has 2 aromatic heterocycles. The molecule has 0 saturated heterocycles. The average molecular weight is 343 g/mol.